The van der Waals surface area contributed by atoms with E-state index in [4.69, 9.17) is 11.5 Å². The minimum Gasteiger partial charge on any atom is -0.508 e. The first kappa shape index (κ1) is 15.0. The highest BCUT2D eigenvalue weighted by molar-refractivity contribution is 7.14. The lowest BCUT2D eigenvalue weighted by atomic mass is 10.1. The van der Waals surface area contributed by atoms with Gasteiger partial charge >= 0.3 is 0 Å². The van der Waals surface area contributed by atoms with Gasteiger partial charge in [-0.25, -0.2) is 0 Å². The fraction of sp³-hybridized carbons (Fsp3) is 0.143. The van der Waals surface area contributed by atoms with E-state index >= 15 is 0 Å². The Morgan fingerprint density at radius 1 is 1.24 bits per heavy atom. The molecule has 21 heavy (non-hydrogen) atoms. The molecule has 1 atom stereocenters. The number of amides is 2. The number of aromatic hydroxyl groups is 1. The van der Waals surface area contributed by atoms with Crippen LogP contribution in [0.3, 0.4) is 0 Å². The van der Waals surface area contributed by atoms with E-state index < -0.39 is 17.9 Å². The van der Waals surface area contributed by atoms with Crippen molar-refractivity contribution in [2.45, 2.75) is 12.5 Å². The van der Waals surface area contributed by atoms with Crippen molar-refractivity contribution in [3.8, 4) is 5.75 Å². The predicted molar refractivity (Wildman–Crippen MR) is 81.3 cm³/mol. The number of rotatable bonds is 5. The standard InChI is InChI=1S/C14H15N3O3S/c15-11(7-8-1-3-9(18)4-2-8)13(20)17-14-10(12(16)19)5-6-21-14/h1-6,11,18H,7,15H2,(H2,16,19)(H,17,20)/t11-/m0/s1. The molecule has 2 amide bonds. The Morgan fingerprint density at radius 3 is 2.52 bits per heavy atom. The molecule has 1 heterocycles. The molecular formula is C14H15N3O3S. The SMILES string of the molecule is NC(=O)c1ccsc1NC(=O)[C@@H](N)Cc1ccc(O)cc1. The average molecular weight is 305 g/mol. The maximum atomic E-state index is 12.0. The molecule has 0 saturated heterocycles. The Bertz CT molecular complexity index is 652. The van der Waals surface area contributed by atoms with Crippen LogP contribution in [-0.4, -0.2) is 23.0 Å². The minimum atomic E-state index is -0.766. The highest BCUT2D eigenvalue weighted by Gasteiger charge is 2.18. The van der Waals surface area contributed by atoms with Crippen molar-refractivity contribution in [1.29, 1.82) is 0 Å². The van der Waals surface area contributed by atoms with E-state index in [0.29, 0.717) is 11.4 Å². The highest BCUT2D eigenvalue weighted by Crippen LogP contribution is 2.23. The zero-order valence-electron chi connectivity index (χ0n) is 11.1. The van der Waals surface area contributed by atoms with E-state index in [1.165, 1.54) is 23.5 Å². The molecule has 1 aromatic carbocycles. The maximum Gasteiger partial charge on any atom is 0.251 e. The molecule has 1 aromatic heterocycles. The summed E-state index contributed by atoms with van der Waals surface area (Å²) in [7, 11) is 0. The van der Waals surface area contributed by atoms with Crippen LogP contribution in [0, 0.1) is 0 Å². The summed E-state index contributed by atoms with van der Waals surface area (Å²) in [4.78, 5) is 23.2. The molecule has 0 spiro atoms. The fourth-order valence-corrected chi connectivity index (χ4v) is 2.58. The number of anilines is 1. The number of phenols is 1. The number of nitrogens with two attached hydrogens (primary N) is 2. The van der Waals surface area contributed by atoms with Gasteiger partial charge in [-0.05, 0) is 35.6 Å². The second kappa shape index (κ2) is 6.38. The van der Waals surface area contributed by atoms with Crippen LogP contribution < -0.4 is 16.8 Å². The number of nitrogens with one attached hydrogen (secondary N) is 1. The Kier molecular flexibility index (Phi) is 4.56. The number of benzene rings is 1. The molecule has 0 aliphatic carbocycles. The second-order valence-electron chi connectivity index (χ2n) is 4.49. The number of hydrogen-bond acceptors (Lipinski definition) is 5. The van der Waals surface area contributed by atoms with Gasteiger partial charge in [-0.1, -0.05) is 12.1 Å². The number of hydrogen-bond donors (Lipinski definition) is 4. The van der Waals surface area contributed by atoms with E-state index in [1.54, 1.807) is 23.6 Å². The molecule has 2 aromatic rings. The monoisotopic (exact) mass is 305 g/mol. The highest BCUT2D eigenvalue weighted by atomic mass is 32.1. The predicted octanol–water partition coefficient (Wildman–Crippen LogP) is 1.06. The molecule has 2 rings (SSSR count). The van der Waals surface area contributed by atoms with Crippen molar-refractivity contribution >= 4 is 28.2 Å². The summed E-state index contributed by atoms with van der Waals surface area (Å²) < 4.78 is 0. The summed E-state index contributed by atoms with van der Waals surface area (Å²) in [5.41, 5.74) is 12.2. The lowest BCUT2D eigenvalue weighted by Crippen LogP contribution is -2.37. The third kappa shape index (κ3) is 3.80. The second-order valence-corrected chi connectivity index (χ2v) is 5.41. The topological polar surface area (TPSA) is 118 Å². The molecule has 7 heteroatoms. The number of phenolic OH excluding ortho intramolecular Hbond substituents is 1. The first-order valence-corrected chi connectivity index (χ1v) is 7.07. The van der Waals surface area contributed by atoms with Crippen LogP contribution in [-0.2, 0) is 11.2 Å². The summed E-state index contributed by atoms with van der Waals surface area (Å²) in [5, 5.41) is 13.9. The van der Waals surface area contributed by atoms with E-state index in [-0.39, 0.29) is 11.3 Å². The van der Waals surface area contributed by atoms with E-state index in [2.05, 4.69) is 5.32 Å². The molecule has 6 nitrogen and oxygen atoms in total. The Labute approximate surface area is 125 Å². The largest absolute Gasteiger partial charge is 0.508 e. The van der Waals surface area contributed by atoms with Crippen molar-refractivity contribution in [3.63, 3.8) is 0 Å². The van der Waals surface area contributed by atoms with Gasteiger partial charge in [0.1, 0.15) is 10.8 Å². The van der Waals surface area contributed by atoms with Crippen LogP contribution in [0.15, 0.2) is 35.7 Å². The molecule has 110 valence electrons. The van der Waals surface area contributed by atoms with Gasteiger partial charge in [-0.15, -0.1) is 11.3 Å². The number of carbonyl (C=O) groups excluding carboxylic acids is 2. The molecule has 6 N–H and O–H groups in total. The fourth-order valence-electron chi connectivity index (χ4n) is 1.78. The number of primary amides is 1. The van der Waals surface area contributed by atoms with Gasteiger partial charge in [0.05, 0.1) is 11.6 Å². The lowest BCUT2D eigenvalue weighted by Gasteiger charge is -2.12. The van der Waals surface area contributed by atoms with Crippen LogP contribution in [0.2, 0.25) is 0 Å². The normalized spacial score (nSPS) is 11.9. The van der Waals surface area contributed by atoms with Crippen LogP contribution in [0.1, 0.15) is 15.9 Å². The van der Waals surface area contributed by atoms with Crippen molar-refractivity contribution in [2.24, 2.45) is 11.5 Å². The molecule has 0 bridgehead atoms. The summed E-state index contributed by atoms with van der Waals surface area (Å²) in [6.07, 6.45) is 0.323. The lowest BCUT2D eigenvalue weighted by molar-refractivity contribution is -0.117. The van der Waals surface area contributed by atoms with E-state index in [1.807, 2.05) is 0 Å². The molecule has 0 aliphatic rings. The van der Waals surface area contributed by atoms with Crippen LogP contribution in [0.25, 0.3) is 0 Å². The maximum absolute atomic E-state index is 12.0. The first-order chi connectivity index (χ1) is 9.97. The molecular weight excluding hydrogens is 290 g/mol. The van der Waals surface area contributed by atoms with Gasteiger partial charge in [0.25, 0.3) is 5.91 Å². The Hall–Kier alpha value is -2.38. The molecule has 0 fully saturated rings. The van der Waals surface area contributed by atoms with Gasteiger partial charge in [0.2, 0.25) is 5.91 Å². The quantitative estimate of drug-likeness (QED) is 0.660. The van der Waals surface area contributed by atoms with Crippen molar-refractivity contribution in [3.05, 3.63) is 46.8 Å². The number of carbonyl (C=O) groups is 2. The molecule has 0 unspecified atom stereocenters. The van der Waals surface area contributed by atoms with Gasteiger partial charge in [-0.3, -0.25) is 9.59 Å². The van der Waals surface area contributed by atoms with Gasteiger partial charge in [-0.2, -0.15) is 0 Å². The number of thiophene rings is 1. The van der Waals surface area contributed by atoms with Gasteiger partial charge in [0, 0.05) is 0 Å². The summed E-state index contributed by atoms with van der Waals surface area (Å²) >= 11 is 1.21. The third-order valence-electron chi connectivity index (χ3n) is 2.90. The molecule has 0 saturated carbocycles. The molecule has 0 radical (unpaired) electrons. The van der Waals surface area contributed by atoms with Gasteiger partial charge in [0.15, 0.2) is 0 Å². The zero-order chi connectivity index (χ0) is 15.4. The summed E-state index contributed by atoms with van der Waals surface area (Å²) in [6, 6.07) is 7.24. The Balaban J connectivity index is 2.01. The van der Waals surface area contributed by atoms with Crippen molar-refractivity contribution in [2.75, 3.05) is 5.32 Å². The zero-order valence-corrected chi connectivity index (χ0v) is 11.9. The van der Waals surface area contributed by atoms with E-state index in [9.17, 15) is 14.7 Å². The van der Waals surface area contributed by atoms with Crippen molar-refractivity contribution in [1.82, 2.24) is 0 Å². The summed E-state index contributed by atoms with van der Waals surface area (Å²) in [5.74, 6) is -0.840. The van der Waals surface area contributed by atoms with Crippen molar-refractivity contribution < 1.29 is 14.7 Å². The third-order valence-corrected chi connectivity index (χ3v) is 3.73. The minimum absolute atomic E-state index is 0.154. The Morgan fingerprint density at radius 2 is 1.90 bits per heavy atom. The average Bonchev–Trinajstić information content (AvgIpc) is 2.89. The van der Waals surface area contributed by atoms with Crippen LogP contribution >= 0.6 is 11.3 Å². The summed E-state index contributed by atoms with van der Waals surface area (Å²) in [6.45, 7) is 0. The smallest absolute Gasteiger partial charge is 0.251 e. The van der Waals surface area contributed by atoms with Crippen LogP contribution in [0.5, 0.6) is 5.75 Å². The first-order valence-electron chi connectivity index (χ1n) is 6.19. The molecule has 0 aliphatic heterocycles. The van der Waals surface area contributed by atoms with Gasteiger partial charge < -0.3 is 21.9 Å². The van der Waals surface area contributed by atoms with E-state index in [0.717, 1.165) is 5.56 Å². The van der Waals surface area contributed by atoms with Crippen LogP contribution in [0.4, 0.5) is 5.00 Å².